The first-order valence-corrected chi connectivity index (χ1v) is 10.3. The molecule has 2 aliphatic heterocycles. The zero-order valence-corrected chi connectivity index (χ0v) is 17.2. The largest absolute Gasteiger partial charge is 0.454 e. The molecule has 0 saturated carbocycles. The molecule has 3 aromatic rings. The minimum Gasteiger partial charge on any atom is -0.454 e. The lowest BCUT2D eigenvalue weighted by molar-refractivity contribution is -0.125. The molecule has 162 valence electrons. The summed E-state index contributed by atoms with van der Waals surface area (Å²) < 4.78 is 16.6. The predicted molar refractivity (Wildman–Crippen MR) is 116 cm³/mol. The highest BCUT2D eigenvalue weighted by molar-refractivity contribution is 5.96. The molecule has 0 radical (unpaired) electrons. The summed E-state index contributed by atoms with van der Waals surface area (Å²) in [5.74, 6) is 2.04. The minimum atomic E-state index is -0.200. The van der Waals surface area contributed by atoms with E-state index >= 15 is 0 Å². The number of pyridine rings is 1. The van der Waals surface area contributed by atoms with Crippen LogP contribution in [0, 0.1) is 0 Å². The van der Waals surface area contributed by atoms with Gasteiger partial charge in [-0.2, -0.15) is 0 Å². The molecule has 3 heterocycles. The zero-order valence-electron chi connectivity index (χ0n) is 17.2. The first kappa shape index (κ1) is 19.9. The summed E-state index contributed by atoms with van der Waals surface area (Å²) >= 11 is 0. The lowest BCUT2D eigenvalue weighted by Gasteiger charge is -2.21. The van der Waals surface area contributed by atoms with Crippen LogP contribution in [0.3, 0.4) is 0 Å². The number of hydrogen-bond acceptors (Lipinski definition) is 6. The number of para-hydroxylation sites is 1. The Morgan fingerprint density at radius 1 is 0.969 bits per heavy atom. The van der Waals surface area contributed by atoms with Crippen LogP contribution in [-0.2, 0) is 22.7 Å². The Bertz CT molecular complexity index is 1180. The van der Waals surface area contributed by atoms with Gasteiger partial charge in [0.1, 0.15) is 11.4 Å². The Hall–Kier alpha value is -4.07. The topological polar surface area (TPSA) is 90.0 Å². The number of carbonyl (C=O) groups excluding carboxylic acids is 2. The van der Waals surface area contributed by atoms with E-state index in [1.54, 1.807) is 23.2 Å². The number of rotatable bonds is 5. The highest BCUT2D eigenvalue weighted by Crippen LogP contribution is 2.37. The van der Waals surface area contributed by atoms with Gasteiger partial charge in [-0.15, -0.1) is 0 Å². The number of nitrogens with zero attached hydrogens (tertiary/aromatic N) is 2. The Balaban J connectivity index is 1.22. The van der Waals surface area contributed by atoms with E-state index in [0.29, 0.717) is 41.9 Å². The van der Waals surface area contributed by atoms with Crippen molar-refractivity contribution in [3.05, 3.63) is 71.9 Å². The van der Waals surface area contributed by atoms with Gasteiger partial charge in [0, 0.05) is 31.1 Å². The summed E-state index contributed by atoms with van der Waals surface area (Å²) in [5, 5.41) is 2.85. The maximum atomic E-state index is 13.1. The van der Waals surface area contributed by atoms with Crippen LogP contribution in [0.25, 0.3) is 0 Å². The van der Waals surface area contributed by atoms with Gasteiger partial charge in [-0.05, 0) is 35.9 Å². The van der Waals surface area contributed by atoms with Gasteiger partial charge >= 0.3 is 0 Å². The van der Waals surface area contributed by atoms with Crippen molar-refractivity contribution < 1.29 is 23.8 Å². The normalized spacial score (nSPS) is 13.4. The van der Waals surface area contributed by atoms with Crippen molar-refractivity contribution in [3.63, 3.8) is 0 Å². The van der Waals surface area contributed by atoms with Crippen LogP contribution in [0.1, 0.15) is 24.0 Å². The van der Waals surface area contributed by atoms with E-state index in [9.17, 15) is 9.59 Å². The smallest absolute Gasteiger partial charge is 0.243 e. The van der Waals surface area contributed by atoms with Gasteiger partial charge in [0.2, 0.25) is 24.5 Å². The second-order valence-electron chi connectivity index (χ2n) is 7.48. The van der Waals surface area contributed by atoms with Gasteiger partial charge in [0.25, 0.3) is 0 Å². The average molecular weight is 431 g/mol. The minimum absolute atomic E-state index is 0.0729. The molecule has 2 aliphatic rings. The fraction of sp³-hybridized carbons (Fsp3) is 0.208. The predicted octanol–water partition coefficient (Wildman–Crippen LogP) is 3.55. The van der Waals surface area contributed by atoms with Gasteiger partial charge in [-0.25, -0.2) is 4.98 Å². The second kappa shape index (κ2) is 8.58. The van der Waals surface area contributed by atoms with E-state index in [4.69, 9.17) is 14.2 Å². The molecule has 0 bridgehead atoms. The van der Waals surface area contributed by atoms with Crippen molar-refractivity contribution in [3.8, 4) is 23.1 Å². The molecule has 1 aromatic heterocycles. The highest BCUT2D eigenvalue weighted by atomic mass is 16.7. The van der Waals surface area contributed by atoms with Gasteiger partial charge < -0.3 is 24.4 Å². The summed E-state index contributed by atoms with van der Waals surface area (Å²) in [5.41, 5.74) is 2.37. The average Bonchev–Trinajstić information content (AvgIpc) is 3.22. The van der Waals surface area contributed by atoms with Gasteiger partial charge in [0.05, 0.1) is 6.54 Å². The number of carbonyl (C=O) groups is 2. The standard InChI is InChI=1S/C24H21N3O5/c28-22(26-13-16-7-8-20-21(12-16)31-15-30-20)9-10-23(29)27-14-17-4-1-2-6-19(17)32-24-18(27)5-3-11-25-24/h1-8,11-12H,9-10,13-15H2,(H,26,28). The number of amides is 2. The first-order chi connectivity index (χ1) is 15.7. The maximum absolute atomic E-state index is 13.1. The van der Waals surface area contributed by atoms with Crippen LogP contribution in [0.15, 0.2) is 60.8 Å². The molecule has 0 atom stereocenters. The second-order valence-corrected chi connectivity index (χ2v) is 7.48. The molecule has 2 amide bonds. The fourth-order valence-electron chi connectivity index (χ4n) is 3.68. The summed E-state index contributed by atoms with van der Waals surface area (Å²) in [6.07, 6.45) is 1.78. The number of fused-ring (bicyclic) bond motifs is 3. The van der Waals surface area contributed by atoms with Gasteiger partial charge in [-0.3, -0.25) is 9.59 Å². The van der Waals surface area contributed by atoms with Crippen molar-refractivity contribution in [1.82, 2.24) is 10.3 Å². The molecular formula is C24H21N3O5. The third-order valence-corrected chi connectivity index (χ3v) is 5.34. The van der Waals surface area contributed by atoms with E-state index in [1.807, 2.05) is 42.5 Å². The quantitative estimate of drug-likeness (QED) is 0.665. The summed E-state index contributed by atoms with van der Waals surface area (Å²) in [4.78, 5) is 31.3. The number of benzene rings is 2. The number of aromatic nitrogens is 1. The molecule has 0 saturated heterocycles. The van der Waals surface area contributed by atoms with Gasteiger partial charge in [-0.1, -0.05) is 24.3 Å². The summed E-state index contributed by atoms with van der Waals surface area (Å²) in [6, 6.07) is 16.6. The van der Waals surface area contributed by atoms with Crippen molar-refractivity contribution in [2.24, 2.45) is 0 Å². The van der Waals surface area contributed by atoms with Crippen LogP contribution in [0.5, 0.6) is 23.1 Å². The van der Waals surface area contributed by atoms with Crippen LogP contribution < -0.4 is 24.4 Å². The molecule has 5 rings (SSSR count). The lowest BCUT2D eigenvalue weighted by Crippen LogP contribution is -2.31. The SMILES string of the molecule is O=C(CCC(=O)N1Cc2ccccc2Oc2ncccc21)NCc1ccc2c(c1)OCO2. The van der Waals surface area contributed by atoms with Crippen LogP contribution >= 0.6 is 0 Å². The number of ether oxygens (including phenoxy) is 3. The van der Waals surface area contributed by atoms with E-state index in [-0.39, 0.29) is 31.4 Å². The van der Waals surface area contributed by atoms with Crippen LogP contribution in [0.2, 0.25) is 0 Å². The molecule has 1 N–H and O–H groups in total. The van der Waals surface area contributed by atoms with E-state index in [0.717, 1.165) is 11.1 Å². The van der Waals surface area contributed by atoms with Crippen molar-refractivity contribution in [1.29, 1.82) is 0 Å². The van der Waals surface area contributed by atoms with Crippen LogP contribution in [-0.4, -0.2) is 23.6 Å². The third-order valence-electron chi connectivity index (χ3n) is 5.34. The fourth-order valence-corrected chi connectivity index (χ4v) is 3.68. The molecule has 0 aliphatic carbocycles. The summed E-state index contributed by atoms with van der Waals surface area (Å²) in [6.45, 7) is 0.909. The monoisotopic (exact) mass is 431 g/mol. The lowest BCUT2D eigenvalue weighted by atomic mass is 10.1. The van der Waals surface area contributed by atoms with Gasteiger partial charge in [0.15, 0.2) is 11.5 Å². The molecular weight excluding hydrogens is 410 g/mol. The number of hydrogen-bond donors (Lipinski definition) is 1. The van der Waals surface area contributed by atoms with Crippen molar-refractivity contribution in [2.45, 2.75) is 25.9 Å². The molecule has 8 heteroatoms. The zero-order chi connectivity index (χ0) is 21.9. The Morgan fingerprint density at radius 2 is 1.84 bits per heavy atom. The van der Waals surface area contributed by atoms with E-state index < -0.39 is 0 Å². The molecule has 0 spiro atoms. The molecule has 0 unspecified atom stereocenters. The highest BCUT2D eigenvalue weighted by Gasteiger charge is 2.26. The molecule has 2 aromatic carbocycles. The molecule has 32 heavy (non-hydrogen) atoms. The Labute approximate surface area is 184 Å². The van der Waals surface area contributed by atoms with E-state index in [2.05, 4.69) is 10.3 Å². The van der Waals surface area contributed by atoms with Crippen LogP contribution in [0.4, 0.5) is 5.69 Å². The van der Waals surface area contributed by atoms with E-state index in [1.165, 1.54) is 0 Å². The van der Waals surface area contributed by atoms with Crippen molar-refractivity contribution in [2.75, 3.05) is 11.7 Å². The van der Waals surface area contributed by atoms with Crippen molar-refractivity contribution >= 4 is 17.5 Å². The third kappa shape index (κ3) is 4.07. The Kier molecular flexibility index (Phi) is 5.33. The first-order valence-electron chi connectivity index (χ1n) is 10.3. The number of nitrogens with one attached hydrogen (secondary N) is 1. The molecule has 8 nitrogen and oxygen atoms in total. The number of anilines is 1. The maximum Gasteiger partial charge on any atom is 0.243 e. The summed E-state index contributed by atoms with van der Waals surface area (Å²) in [7, 11) is 0. The Morgan fingerprint density at radius 3 is 2.78 bits per heavy atom. The molecule has 0 fully saturated rings.